The zero-order valence-corrected chi connectivity index (χ0v) is 15.6. The van der Waals surface area contributed by atoms with E-state index in [-0.39, 0.29) is 0 Å². The molecular weight excluding hydrogens is 369 g/mol. The lowest BCUT2D eigenvalue weighted by Crippen LogP contribution is -2.21. The van der Waals surface area contributed by atoms with Gasteiger partial charge in [0.25, 0.3) is 5.91 Å². The molecule has 7 heteroatoms. The molecule has 0 aliphatic heterocycles. The normalized spacial score (nSPS) is 10.5. The second-order valence-corrected chi connectivity index (χ2v) is 7.23. The summed E-state index contributed by atoms with van der Waals surface area (Å²) in [7, 11) is 0. The summed E-state index contributed by atoms with van der Waals surface area (Å²) in [5.41, 5.74) is 1.45. The molecule has 4 nitrogen and oxygen atoms in total. The lowest BCUT2D eigenvalue weighted by Gasteiger charge is -2.09. The highest BCUT2D eigenvalue weighted by molar-refractivity contribution is 7.14. The monoisotopic (exact) mass is 385 g/mol. The molecule has 0 aliphatic carbocycles. The molecule has 1 N–H and O–H groups in total. The van der Waals surface area contributed by atoms with Crippen molar-refractivity contribution < 1.29 is 14.3 Å². The summed E-state index contributed by atoms with van der Waals surface area (Å²) >= 11 is 13.3. The first-order chi connectivity index (χ1) is 11.4. The van der Waals surface area contributed by atoms with Crippen LogP contribution < -0.4 is 5.32 Å². The van der Waals surface area contributed by atoms with Gasteiger partial charge in [-0.15, -0.1) is 11.3 Å². The zero-order valence-electron chi connectivity index (χ0n) is 13.3. The van der Waals surface area contributed by atoms with Crippen molar-refractivity contribution in [2.24, 2.45) is 0 Å². The number of para-hydroxylation sites is 1. The van der Waals surface area contributed by atoms with E-state index < -0.39 is 18.5 Å². The minimum absolute atomic E-state index is 0.305. The molecule has 1 aromatic carbocycles. The maximum absolute atomic E-state index is 12.1. The van der Waals surface area contributed by atoms with E-state index in [0.717, 1.165) is 23.3 Å². The highest BCUT2D eigenvalue weighted by Crippen LogP contribution is 2.29. The summed E-state index contributed by atoms with van der Waals surface area (Å²) < 4.78 is 5.06. The Morgan fingerprint density at radius 1 is 1.25 bits per heavy atom. The van der Waals surface area contributed by atoms with Crippen molar-refractivity contribution in [2.45, 2.75) is 26.7 Å². The maximum atomic E-state index is 12.1. The van der Waals surface area contributed by atoms with Crippen LogP contribution in [0.25, 0.3) is 0 Å². The molecule has 128 valence electrons. The predicted octanol–water partition coefficient (Wildman–Crippen LogP) is 5.11. The molecule has 2 rings (SSSR count). The van der Waals surface area contributed by atoms with Gasteiger partial charge in [0, 0.05) is 4.88 Å². The number of esters is 1. The van der Waals surface area contributed by atoms with Crippen molar-refractivity contribution >= 4 is 52.1 Å². The van der Waals surface area contributed by atoms with E-state index in [1.807, 2.05) is 13.0 Å². The fourth-order valence-corrected chi connectivity index (χ4v) is 3.59. The Morgan fingerprint density at radius 3 is 2.54 bits per heavy atom. The van der Waals surface area contributed by atoms with Gasteiger partial charge in [0.1, 0.15) is 4.88 Å². The van der Waals surface area contributed by atoms with Crippen LogP contribution in [0.15, 0.2) is 24.3 Å². The van der Waals surface area contributed by atoms with E-state index in [1.54, 1.807) is 18.2 Å². The Bertz CT molecular complexity index is 738. The van der Waals surface area contributed by atoms with E-state index in [4.69, 9.17) is 27.9 Å². The standard InChI is InChI=1S/C17H17Cl2NO3S/c1-3-5-11-8-14(24-10(11)2)17(22)23-9-15(21)20-16-12(18)6-4-7-13(16)19/h4,6-8H,3,5,9H2,1-2H3,(H,20,21). The lowest BCUT2D eigenvalue weighted by molar-refractivity contribution is -0.119. The van der Waals surface area contributed by atoms with E-state index >= 15 is 0 Å². The second-order valence-electron chi connectivity index (χ2n) is 5.16. The molecule has 0 bridgehead atoms. The van der Waals surface area contributed by atoms with Crippen LogP contribution in [0.4, 0.5) is 5.69 Å². The van der Waals surface area contributed by atoms with Crippen molar-refractivity contribution in [3.63, 3.8) is 0 Å². The van der Waals surface area contributed by atoms with Crippen LogP contribution in [0.1, 0.15) is 33.5 Å². The summed E-state index contributed by atoms with van der Waals surface area (Å²) in [4.78, 5) is 25.6. The summed E-state index contributed by atoms with van der Waals surface area (Å²) in [5, 5.41) is 3.18. The molecule has 0 spiro atoms. The van der Waals surface area contributed by atoms with Crippen molar-refractivity contribution in [3.05, 3.63) is 49.6 Å². The number of halogens is 2. The number of hydrogen-bond acceptors (Lipinski definition) is 4. The highest BCUT2D eigenvalue weighted by Gasteiger charge is 2.16. The summed E-state index contributed by atoms with van der Waals surface area (Å²) in [6.45, 7) is 3.65. The number of ether oxygens (including phenoxy) is 1. The van der Waals surface area contributed by atoms with Gasteiger partial charge in [0.15, 0.2) is 6.61 Å². The first-order valence-electron chi connectivity index (χ1n) is 7.42. The van der Waals surface area contributed by atoms with Crippen molar-refractivity contribution in [1.29, 1.82) is 0 Å². The van der Waals surface area contributed by atoms with Crippen LogP contribution in [0, 0.1) is 6.92 Å². The minimum Gasteiger partial charge on any atom is -0.451 e. The second kappa shape index (κ2) is 8.51. The summed E-state index contributed by atoms with van der Waals surface area (Å²) in [6.07, 6.45) is 1.92. The van der Waals surface area contributed by atoms with Crippen molar-refractivity contribution in [1.82, 2.24) is 0 Å². The average Bonchev–Trinajstić information content (AvgIpc) is 2.90. The number of hydrogen-bond donors (Lipinski definition) is 1. The molecule has 0 unspecified atom stereocenters. The molecule has 1 amide bonds. The van der Waals surface area contributed by atoms with Crippen LogP contribution in [0.3, 0.4) is 0 Å². The molecule has 0 saturated carbocycles. The van der Waals surface area contributed by atoms with Gasteiger partial charge in [-0.2, -0.15) is 0 Å². The predicted molar refractivity (Wildman–Crippen MR) is 98.4 cm³/mol. The number of amides is 1. The first kappa shape index (κ1) is 18.8. The number of benzene rings is 1. The Morgan fingerprint density at radius 2 is 1.92 bits per heavy atom. The SMILES string of the molecule is CCCc1cc(C(=O)OCC(=O)Nc2c(Cl)cccc2Cl)sc1C. The zero-order chi connectivity index (χ0) is 17.7. The van der Waals surface area contributed by atoms with E-state index in [1.165, 1.54) is 11.3 Å². The highest BCUT2D eigenvalue weighted by atomic mass is 35.5. The number of thiophene rings is 1. The van der Waals surface area contributed by atoms with Gasteiger partial charge in [-0.25, -0.2) is 4.79 Å². The molecule has 2 aromatic rings. The maximum Gasteiger partial charge on any atom is 0.348 e. The molecule has 0 radical (unpaired) electrons. The van der Waals surface area contributed by atoms with Gasteiger partial charge in [-0.3, -0.25) is 4.79 Å². The molecule has 0 saturated heterocycles. The molecule has 0 atom stereocenters. The number of nitrogens with one attached hydrogen (secondary N) is 1. The van der Waals surface area contributed by atoms with Crippen molar-refractivity contribution in [3.8, 4) is 0 Å². The number of aryl methyl sites for hydroxylation is 2. The summed E-state index contributed by atoms with van der Waals surface area (Å²) in [6, 6.07) is 6.72. The van der Waals surface area contributed by atoms with Gasteiger partial charge in [0.05, 0.1) is 15.7 Å². The van der Waals surface area contributed by atoms with E-state index in [9.17, 15) is 9.59 Å². The Hall–Kier alpha value is -1.56. The van der Waals surface area contributed by atoms with Crippen LogP contribution >= 0.6 is 34.5 Å². The molecule has 0 fully saturated rings. The minimum atomic E-state index is -0.508. The van der Waals surface area contributed by atoms with Gasteiger partial charge in [-0.05, 0) is 37.1 Å². The Balaban J connectivity index is 1.94. The Labute approximate surface area is 154 Å². The molecule has 0 aliphatic rings. The third kappa shape index (κ3) is 4.72. The van der Waals surface area contributed by atoms with Gasteiger partial charge in [0.2, 0.25) is 0 Å². The van der Waals surface area contributed by atoms with Crippen molar-refractivity contribution in [2.75, 3.05) is 11.9 Å². The van der Waals surface area contributed by atoms with Gasteiger partial charge < -0.3 is 10.1 Å². The fraction of sp³-hybridized carbons (Fsp3) is 0.294. The average molecular weight is 386 g/mol. The number of rotatable bonds is 6. The van der Waals surface area contributed by atoms with E-state index in [2.05, 4.69) is 12.2 Å². The third-order valence-corrected chi connectivity index (χ3v) is 5.01. The Kier molecular flexibility index (Phi) is 6.66. The molecule has 24 heavy (non-hydrogen) atoms. The first-order valence-corrected chi connectivity index (χ1v) is 9.00. The number of carbonyl (C=O) groups is 2. The molecule has 1 aromatic heterocycles. The van der Waals surface area contributed by atoms with E-state index in [0.29, 0.717) is 20.6 Å². The quantitative estimate of drug-likeness (QED) is 0.702. The van der Waals surface area contributed by atoms with Crippen LogP contribution in [-0.2, 0) is 16.0 Å². The fourth-order valence-electron chi connectivity index (χ4n) is 2.13. The van der Waals surface area contributed by atoms with Crippen LogP contribution in [0.2, 0.25) is 10.0 Å². The summed E-state index contributed by atoms with van der Waals surface area (Å²) in [5.74, 6) is -1.01. The van der Waals surface area contributed by atoms with Gasteiger partial charge in [-0.1, -0.05) is 42.6 Å². The molecular formula is C17H17Cl2NO3S. The van der Waals surface area contributed by atoms with Crippen LogP contribution in [0.5, 0.6) is 0 Å². The largest absolute Gasteiger partial charge is 0.451 e. The topological polar surface area (TPSA) is 55.4 Å². The number of anilines is 1. The smallest absolute Gasteiger partial charge is 0.348 e. The molecule has 1 heterocycles. The van der Waals surface area contributed by atoms with Gasteiger partial charge >= 0.3 is 5.97 Å². The number of carbonyl (C=O) groups excluding carboxylic acids is 2. The third-order valence-electron chi connectivity index (χ3n) is 3.30. The van der Waals surface area contributed by atoms with Crippen LogP contribution in [-0.4, -0.2) is 18.5 Å². The lowest BCUT2D eigenvalue weighted by atomic mass is 10.1.